The highest BCUT2D eigenvalue weighted by Gasteiger charge is 2.33. The van der Waals surface area contributed by atoms with E-state index >= 15 is 0 Å². The molecule has 6 N–H and O–H groups in total. The van der Waals surface area contributed by atoms with Crippen molar-refractivity contribution < 1.29 is 14.3 Å². The minimum Gasteiger partial charge on any atom is -0.375 e. The van der Waals surface area contributed by atoms with E-state index in [1.54, 1.807) is 0 Å². The van der Waals surface area contributed by atoms with Gasteiger partial charge in [-0.25, -0.2) is 0 Å². The third kappa shape index (κ3) is 7.40. The Hall–Kier alpha value is -1.18. The predicted octanol–water partition coefficient (Wildman–Crippen LogP) is 2.89. The molecule has 188 valence electrons. The summed E-state index contributed by atoms with van der Waals surface area (Å²) in [5.41, 5.74) is 12.1. The predicted molar refractivity (Wildman–Crippen MR) is 129 cm³/mol. The van der Waals surface area contributed by atoms with E-state index in [1.807, 2.05) is 0 Å². The number of rotatable bonds is 6. The van der Waals surface area contributed by atoms with E-state index in [0.29, 0.717) is 0 Å². The van der Waals surface area contributed by atoms with Crippen LogP contribution in [0, 0.1) is 11.8 Å². The van der Waals surface area contributed by atoms with Gasteiger partial charge in [0.2, 0.25) is 11.8 Å². The molecule has 4 atom stereocenters. The number of ether oxygens (including phenoxy) is 1. The van der Waals surface area contributed by atoms with E-state index < -0.39 is 0 Å². The molecule has 0 aromatic carbocycles. The zero-order chi connectivity index (χ0) is 23.2. The maximum atomic E-state index is 12.7. The molecule has 4 unspecified atom stereocenters. The van der Waals surface area contributed by atoms with Crippen molar-refractivity contribution in [2.75, 3.05) is 0 Å². The van der Waals surface area contributed by atoms with Crippen molar-refractivity contribution in [3.8, 4) is 0 Å². The molecule has 0 aromatic rings. The lowest BCUT2D eigenvalue weighted by Gasteiger charge is -2.35. The standard InChI is InChI=1S/C26H46N4O3/c27-19-3-1-5-21(15-19)29-25(31)17-7-11-23(12-8-17)33-24-13-9-18(10-14-24)26(32)30-22-6-2-4-20(28)16-22/h17-24H,1-16,27-28H2,(H,29,31)(H,30,32). The third-order valence-electron chi connectivity index (χ3n) is 8.60. The van der Waals surface area contributed by atoms with Crippen molar-refractivity contribution in [3.63, 3.8) is 0 Å². The molecule has 4 aliphatic carbocycles. The number of amides is 2. The number of carbonyl (C=O) groups excluding carboxylic acids is 2. The summed E-state index contributed by atoms with van der Waals surface area (Å²) in [6, 6.07) is 0.995. The first-order chi connectivity index (χ1) is 16.0. The first-order valence-corrected chi connectivity index (χ1v) is 13.7. The van der Waals surface area contributed by atoms with Gasteiger partial charge < -0.3 is 26.8 Å². The maximum Gasteiger partial charge on any atom is 0.223 e. The van der Waals surface area contributed by atoms with Gasteiger partial charge in [-0.3, -0.25) is 9.59 Å². The zero-order valence-corrected chi connectivity index (χ0v) is 20.3. The Balaban J connectivity index is 1.11. The molecule has 0 aliphatic heterocycles. The molecule has 4 aliphatic rings. The van der Waals surface area contributed by atoms with E-state index in [0.717, 1.165) is 103 Å². The summed E-state index contributed by atoms with van der Waals surface area (Å²) in [5.74, 6) is 0.682. The second-order valence-corrected chi connectivity index (χ2v) is 11.3. The summed E-state index contributed by atoms with van der Waals surface area (Å²) in [4.78, 5) is 25.4. The van der Waals surface area contributed by atoms with Gasteiger partial charge in [0.25, 0.3) is 0 Å². The van der Waals surface area contributed by atoms with Gasteiger partial charge in [-0.05, 0) is 103 Å². The maximum absolute atomic E-state index is 12.7. The molecule has 7 heteroatoms. The highest BCUT2D eigenvalue weighted by atomic mass is 16.5. The van der Waals surface area contributed by atoms with Crippen molar-refractivity contribution in [2.45, 2.75) is 139 Å². The van der Waals surface area contributed by atoms with Crippen LogP contribution in [0.1, 0.15) is 103 Å². The van der Waals surface area contributed by atoms with Gasteiger partial charge in [-0.15, -0.1) is 0 Å². The van der Waals surface area contributed by atoms with E-state index in [9.17, 15) is 9.59 Å². The Morgan fingerprint density at radius 2 is 0.970 bits per heavy atom. The highest BCUT2D eigenvalue weighted by molar-refractivity contribution is 5.79. The number of hydrogen-bond donors (Lipinski definition) is 4. The average Bonchev–Trinajstić information content (AvgIpc) is 2.80. The second-order valence-electron chi connectivity index (χ2n) is 11.3. The molecule has 2 amide bonds. The van der Waals surface area contributed by atoms with Crippen LogP contribution in [-0.4, -0.2) is 48.2 Å². The fourth-order valence-electron chi connectivity index (χ4n) is 6.55. The molecular formula is C26H46N4O3. The number of nitrogens with two attached hydrogens (primary N) is 2. The van der Waals surface area contributed by atoms with Crippen molar-refractivity contribution in [3.05, 3.63) is 0 Å². The molecule has 4 rings (SSSR count). The van der Waals surface area contributed by atoms with Gasteiger partial charge in [0.15, 0.2) is 0 Å². The first kappa shape index (κ1) is 24.9. The van der Waals surface area contributed by atoms with Crippen molar-refractivity contribution in [2.24, 2.45) is 23.3 Å². The van der Waals surface area contributed by atoms with Gasteiger partial charge >= 0.3 is 0 Å². The first-order valence-electron chi connectivity index (χ1n) is 13.7. The Morgan fingerprint density at radius 1 is 0.576 bits per heavy atom. The molecule has 0 aromatic heterocycles. The fraction of sp³-hybridized carbons (Fsp3) is 0.923. The van der Waals surface area contributed by atoms with E-state index in [-0.39, 0.29) is 60.0 Å². The quantitative estimate of drug-likeness (QED) is 0.484. The van der Waals surface area contributed by atoms with Crippen molar-refractivity contribution in [1.29, 1.82) is 0 Å². The Morgan fingerprint density at radius 3 is 1.33 bits per heavy atom. The van der Waals surface area contributed by atoms with Crippen molar-refractivity contribution >= 4 is 11.8 Å². The lowest BCUT2D eigenvalue weighted by atomic mass is 9.84. The van der Waals surface area contributed by atoms with E-state index in [2.05, 4.69) is 10.6 Å². The number of carbonyl (C=O) groups is 2. The topological polar surface area (TPSA) is 119 Å². The molecule has 0 radical (unpaired) electrons. The lowest BCUT2D eigenvalue weighted by Crippen LogP contribution is -2.45. The number of hydrogen-bond acceptors (Lipinski definition) is 5. The van der Waals surface area contributed by atoms with Crippen LogP contribution in [0.3, 0.4) is 0 Å². The Kier molecular flexibility index (Phi) is 9.05. The van der Waals surface area contributed by atoms with Gasteiger partial charge in [-0.2, -0.15) is 0 Å². The molecule has 33 heavy (non-hydrogen) atoms. The average molecular weight is 463 g/mol. The summed E-state index contributed by atoms with van der Waals surface area (Å²) in [6.45, 7) is 0. The third-order valence-corrected chi connectivity index (χ3v) is 8.60. The van der Waals surface area contributed by atoms with Gasteiger partial charge in [0.1, 0.15) is 0 Å². The van der Waals surface area contributed by atoms with Crippen LogP contribution < -0.4 is 22.1 Å². The SMILES string of the molecule is NC1CCCC(NC(=O)C2CCC(OC3CCC(C(=O)NC4CCCC(N)C4)CC3)CC2)C1. The van der Waals surface area contributed by atoms with E-state index in [1.165, 1.54) is 0 Å². The highest BCUT2D eigenvalue weighted by Crippen LogP contribution is 2.32. The summed E-state index contributed by atoms with van der Waals surface area (Å²) in [6.07, 6.45) is 16.4. The lowest BCUT2D eigenvalue weighted by molar-refractivity contribution is -0.129. The summed E-state index contributed by atoms with van der Waals surface area (Å²) in [5, 5.41) is 6.52. The van der Waals surface area contributed by atoms with Crippen LogP contribution in [-0.2, 0) is 14.3 Å². The van der Waals surface area contributed by atoms with Gasteiger partial charge in [-0.1, -0.05) is 0 Å². The van der Waals surface area contributed by atoms with Gasteiger partial charge in [0.05, 0.1) is 12.2 Å². The van der Waals surface area contributed by atoms with Crippen LogP contribution in [0.15, 0.2) is 0 Å². The molecular weight excluding hydrogens is 416 g/mol. The van der Waals surface area contributed by atoms with Gasteiger partial charge in [0, 0.05) is 36.0 Å². The molecule has 4 fully saturated rings. The molecule has 0 bridgehead atoms. The summed E-state index contributed by atoms with van der Waals surface area (Å²) >= 11 is 0. The van der Waals surface area contributed by atoms with Crippen LogP contribution in [0.5, 0.6) is 0 Å². The number of nitrogens with one attached hydrogen (secondary N) is 2. The summed E-state index contributed by atoms with van der Waals surface area (Å²) in [7, 11) is 0. The fourth-order valence-corrected chi connectivity index (χ4v) is 6.55. The Bertz CT molecular complexity index is 589. The second kappa shape index (κ2) is 12.0. The molecule has 4 saturated carbocycles. The molecule has 0 saturated heterocycles. The minimum atomic E-state index is 0.121. The Labute approximate surface area is 199 Å². The van der Waals surface area contributed by atoms with Crippen LogP contribution in [0.2, 0.25) is 0 Å². The van der Waals surface area contributed by atoms with Crippen LogP contribution in [0.25, 0.3) is 0 Å². The van der Waals surface area contributed by atoms with Crippen LogP contribution >= 0.6 is 0 Å². The molecule has 7 nitrogen and oxygen atoms in total. The van der Waals surface area contributed by atoms with Crippen LogP contribution in [0.4, 0.5) is 0 Å². The monoisotopic (exact) mass is 462 g/mol. The molecule has 0 heterocycles. The smallest absolute Gasteiger partial charge is 0.223 e. The largest absolute Gasteiger partial charge is 0.375 e. The normalized spacial score (nSPS) is 40.1. The summed E-state index contributed by atoms with van der Waals surface area (Å²) < 4.78 is 6.42. The zero-order valence-electron chi connectivity index (χ0n) is 20.3. The van der Waals surface area contributed by atoms with Crippen molar-refractivity contribution in [1.82, 2.24) is 10.6 Å². The van der Waals surface area contributed by atoms with E-state index in [4.69, 9.17) is 16.2 Å². The minimum absolute atomic E-state index is 0.121. The molecule has 0 spiro atoms.